The molecule has 0 aromatic heterocycles. The van der Waals surface area contributed by atoms with E-state index in [-0.39, 0.29) is 19.0 Å². The fourth-order valence-electron chi connectivity index (χ4n) is 3.58. The third kappa shape index (κ3) is 4.10. The van der Waals surface area contributed by atoms with Crippen LogP contribution in [-0.4, -0.2) is 18.3 Å². The van der Waals surface area contributed by atoms with Crippen LogP contribution in [0, 0.1) is 0 Å². The highest BCUT2D eigenvalue weighted by molar-refractivity contribution is 7.62. The van der Waals surface area contributed by atoms with Crippen LogP contribution in [0.2, 0.25) is 0 Å². The van der Waals surface area contributed by atoms with Crippen molar-refractivity contribution in [3.63, 3.8) is 0 Å². The summed E-state index contributed by atoms with van der Waals surface area (Å²) in [5.41, 5.74) is 0.894. The molecular weight excluding hydrogens is 411 g/mol. The lowest BCUT2D eigenvalue weighted by atomic mass is 10.1. The Morgan fingerprint density at radius 3 is 2.23 bits per heavy atom. The second-order valence-corrected chi connectivity index (χ2v) is 8.83. The zero-order valence-electron chi connectivity index (χ0n) is 17.4. The average Bonchev–Trinajstić information content (AvgIpc) is 2.78. The van der Waals surface area contributed by atoms with Gasteiger partial charge in [-0.2, -0.15) is 0 Å². The van der Waals surface area contributed by atoms with Crippen molar-refractivity contribution in [3.05, 3.63) is 72.8 Å². The van der Waals surface area contributed by atoms with E-state index in [2.05, 4.69) is 10.2 Å². The first-order valence-corrected chi connectivity index (χ1v) is 11.7. The summed E-state index contributed by atoms with van der Waals surface area (Å²) >= 11 is 0. The molecular formula is C24H23N2O4P. The van der Waals surface area contributed by atoms with Crippen LogP contribution in [0.15, 0.2) is 83.0 Å². The number of hydrogen-bond acceptors (Lipinski definition) is 6. The van der Waals surface area contributed by atoms with Crippen LogP contribution >= 0.6 is 7.60 Å². The lowest BCUT2D eigenvalue weighted by molar-refractivity contribution is 0.230. The van der Waals surface area contributed by atoms with Gasteiger partial charge in [-0.25, -0.2) is 0 Å². The highest BCUT2D eigenvalue weighted by Crippen LogP contribution is 2.49. The third-order valence-electron chi connectivity index (χ3n) is 4.89. The number of hydrogen-bond donors (Lipinski definition) is 1. The zero-order valence-corrected chi connectivity index (χ0v) is 18.3. The van der Waals surface area contributed by atoms with Crippen LogP contribution in [0.5, 0.6) is 5.75 Å². The average molecular weight is 434 g/mol. The number of azo groups is 1. The van der Waals surface area contributed by atoms with Crippen molar-refractivity contribution in [2.45, 2.75) is 13.8 Å². The summed E-state index contributed by atoms with van der Waals surface area (Å²) in [7, 11) is -3.54. The molecule has 0 aliphatic rings. The van der Waals surface area contributed by atoms with Crippen LogP contribution in [-0.2, 0) is 13.6 Å². The van der Waals surface area contributed by atoms with Crippen LogP contribution in [0.3, 0.4) is 0 Å². The van der Waals surface area contributed by atoms with Crippen molar-refractivity contribution in [3.8, 4) is 5.75 Å². The summed E-state index contributed by atoms with van der Waals surface area (Å²) in [5.74, 6) is 0.0391. The molecule has 0 aliphatic carbocycles. The van der Waals surface area contributed by atoms with Crippen molar-refractivity contribution in [2.24, 2.45) is 10.2 Å². The Morgan fingerprint density at radius 1 is 0.806 bits per heavy atom. The number of phenols is 1. The van der Waals surface area contributed by atoms with Gasteiger partial charge in [-0.1, -0.05) is 54.6 Å². The molecule has 4 rings (SSSR count). The Balaban J connectivity index is 1.90. The molecule has 0 radical (unpaired) electrons. The second kappa shape index (κ2) is 8.98. The minimum Gasteiger partial charge on any atom is -0.506 e. The monoisotopic (exact) mass is 434 g/mol. The van der Waals surface area contributed by atoms with Gasteiger partial charge in [0.25, 0.3) is 0 Å². The van der Waals surface area contributed by atoms with Gasteiger partial charge in [0.05, 0.1) is 24.2 Å². The molecule has 4 aromatic rings. The molecule has 0 spiro atoms. The molecule has 0 amide bonds. The molecule has 0 atom stereocenters. The lowest BCUT2D eigenvalue weighted by Gasteiger charge is -2.19. The number of nitrogens with zero attached hydrogens (tertiary/aromatic N) is 2. The summed E-state index contributed by atoms with van der Waals surface area (Å²) in [6.45, 7) is 4.06. The standard InChI is InChI=1S/C24H23N2O4P/c1-3-29-31(28,30-4-2)22-14-8-11-18-10-7-13-20(23(18)22)25-26-24-19-12-6-5-9-17(19)15-16-21(24)27/h5-16,27H,3-4H2,1-2H3. The lowest BCUT2D eigenvalue weighted by Crippen LogP contribution is -2.12. The minimum atomic E-state index is -3.54. The first-order chi connectivity index (χ1) is 15.1. The third-order valence-corrected chi connectivity index (χ3v) is 7.05. The number of benzene rings is 4. The maximum absolute atomic E-state index is 13.5. The molecule has 0 unspecified atom stereocenters. The van der Waals surface area contributed by atoms with Crippen molar-refractivity contribution < 1.29 is 18.7 Å². The maximum atomic E-state index is 13.5. The van der Waals surface area contributed by atoms with Crippen molar-refractivity contribution in [2.75, 3.05) is 13.2 Å². The second-order valence-electron chi connectivity index (χ2n) is 6.84. The summed E-state index contributed by atoms with van der Waals surface area (Å²) in [6.07, 6.45) is 0. The van der Waals surface area contributed by atoms with Gasteiger partial charge in [-0.05, 0) is 42.8 Å². The largest absolute Gasteiger partial charge is 0.506 e. The van der Waals surface area contributed by atoms with Gasteiger partial charge < -0.3 is 14.2 Å². The molecule has 7 heteroatoms. The van der Waals surface area contributed by atoms with Crippen LogP contribution < -0.4 is 5.30 Å². The maximum Gasteiger partial charge on any atom is 0.362 e. The molecule has 0 saturated carbocycles. The summed E-state index contributed by atoms with van der Waals surface area (Å²) < 4.78 is 24.7. The quantitative estimate of drug-likeness (QED) is 0.251. The van der Waals surface area contributed by atoms with E-state index in [0.29, 0.717) is 22.1 Å². The molecule has 0 fully saturated rings. The molecule has 0 bridgehead atoms. The van der Waals surface area contributed by atoms with Crippen LogP contribution in [0.4, 0.5) is 11.4 Å². The molecule has 4 aromatic carbocycles. The number of phenolic OH excluding ortho intramolecular Hbond substituents is 1. The van der Waals surface area contributed by atoms with E-state index in [1.807, 2.05) is 54.6 Å². The van der Waals surface area contributed by atoms with E-state index in [1.165, 1.54) is 0 Å². The topological polar surface area (TPSA) is 80.5 Å². The Morgan fingerprint density at radius 2 is 1.48 bits per heavy atom. The highest BCUT2D eigenvalue weighted by atomic mass is 31.2. The minimum absolute atomic E-state index is 0.0391. The molecule has 1 N–H and O–H groups in total. The van der Waals surface area contributed by atoms with E-state index < -0.39 is 7.60 Å². The Hall–Kier alpha value is -3.05. The number of aromatic hydroxyl groups is 1. The molecule has 0 aliphatic heterocycles. The van der Waals surface area contributed by atoms with Gasteiger partial charge in [0.15, 0.2) is 0 Å². The number of rotatable bonds is 7. The SMILES string of the molecule is CCOP(=O)(OCC)c1cccc2cccc(N=Nc3c(O)ccc4ccccc34)c12. The van der Waals surface area contributed by atoms with E-state index in [9.17, 15) is 9.67 Å². The molecule has 158 valence electrons. The summed E-state index contributed by atoms with van der Waals surface area (Å²) in [6, 6.07) is 22.1. The van der Waals surface area contributed by atoms with Gasteiger partial charge in [-0.3, -0.25) is 4.57 Å². The van der Waals surface area contributed by atoms with Gasteiger partial charge >= 0.3 is 7.60 Å². The molecule has 0 saturated heterocycles. The first-order valence-electron chi connectivity index (χ1n) is 10.1. The van der Waals surface area contributed by atoms with Crippen molar-refractivity contribution in [1.82, 2.24) is 0 Å². The van der Waals surface area contributed by atoms with Crippen LogP contribution in [0.1, 0.15) is 13.8 Å². The van der Waals surface area contributed by atoms with Gasteiger partial charge in [-0.15, -0.1) is 10.2 Å². The van der Waals surface area contributed by atoms with E-state index in [0.717, 1.165) is 16.2 Å². The fourth-order valence-corrected chi connectivity index (χ4v) is 5.40. The van der Waals surface area contributed by atoms with E-state index in [1.54, 1.807) is 32.0 Å². The highest BCUT2D eigenvalue weighted by Gasteiger charge is 2.29. The fraction of sp³-hybridized carbons (Fsp3) is 0.167. The van der Waals surface area contributed by atoms with Gasteiger partial charge in [0.2, 0.25) is 0 Å². The smallest absolute Gasteiger partial charge is 0.362 e. The number of fused-ring (bicyclic) bond motifs is 2. The predicted molar refractivity (Wildman–Crippen MR) is 124 cm³/mol. The summed E-state index contributed by atoms with van der Waals surface area (Å²) in [4.78, 5) is 0. The normalized spacial score (nSPS) is 12.2. The van der Waals surface area contributed by atoms with Gasteiger partial charge in [0.1, 0.15) is 11.4 Å². The Bertz CT molecular complexity index is 1300. The Labute approximate surface area is 180 Å². The van der Waals surface area contributed by atoms with E-state index >= 15 is 0 Å². The predicted octanol–water partition coefficient (Wildman–Crippen LogP) is 7.01. The van der Waals surface area contributed by atoms with Crippen molar-refractivity contribution in [1.29, 1.82) is 0 Å². The van der Waals surface area contributed by atoms with Gasteiger partial charge in [0, 0.05) is 10.8 Å². The first kappa shape index (κ1) is 21.2. The summed E-state index contributed by atoms with van der Waals surface area (Å²) in [5, 5.41) is 22.9. The van der Waals surface area contributed by atoms with E-state index in [4.69, 9.17) is 9.05 Å². The molecule has 31 heavy (non-hydrogen) atoms. The Kier molecular flexibility index (Phi) is 6.14. The van der Waals surface area contributed by atoms with Crippen molar-refractivity contribution >= 4 is 45.8 Å². The molecule has 0 heterocycles. The molecule has 6 nitrogen and oxygen atoms in total. The van der Waals surface area contributed by atoms with Crippen LogP contribution in [0.25, 0.3) is 21.5 Å². The zero-order chi connectivity index (χ0) is 21.8.